The maximum atomic E-state index is 13.1. The van der Waals surface area contributed by atoms with E-state index in [1.807, 2.05) is 22.6 Å². The van der Waals surface area contributed by atoms with E-state index in [0.29, 0.717) is 24.1 Å². The Morgan fingerprint density at radius 3 is 2.55 bits per heavy atom. The lowest BCUT2D eigenvalue weighted by Gasteiger charge is -2.38. The van der Waals surface area contributed by atoms with Gasteiger partial charge in [0.1, 0.15) is 0 Å². The van der Waals surface area contributed by atoms with Crippen molar-refractivity contribution < 1.29 is 14.3 Å². The van der Waals surface area contributed by atoms with Crippen LogP contribution in [0.15, 0.2) is 41.3 Å². The fraction of sp³-hybridized carbons (Fsp3) is 0.536. The number of ether oxygens (including phenoxy) is 1. The topological polar surface area (TPSA) is 96.7 Å². The predicted octanol–water partition coefficient (Wildman–Crippen LogP) is 3.36. The number of amides is 1. The van der Waals surface area contributed by atoms with Gasteiger partial charge in [-0.05, 0) is 55.9 Å². The van der Waals surface area contributed by atoms with Crippen molar-refractivity contribution in [3.05, 3.63) is 53.1 Å². The van der Waals surface area contributed by atoms with Crippen LogP contribution in [0.25, 0.3) is 5.69 Å². The van der Waals surface area contributed by atoms with Gasteiger partial charge in [0.05, 0.1) is 19.5 Å². The average molecular weight is 584 g/mol. The highest BCUT2D eigenvalue weighted by molar-refractivity contribution is 8.00. The molecule has 2 aromatic heterocycles. The van der Waals surface area contributed by atoms with Crippen LogP contribution in [0.2, 0.25) is 0 Å². The summed E-state index contributed by atoms with van der Waals surface area (Å²) in [7, 11) is 0. The fourth-order valence-corrected chi connectivity index (χ4v) is 7.14. The highest BCUT2D eigenvalue weighted by Gasteiger charge is 2.28. The molecule has 2 aliphatic rings. The van der Waals surface area contributed by atoms with Crippen LogP contribution in [0.5, 0.6) is 0 Å². The van der Waals surface area contributed by atoms with E-state index in [4.69, 9.17) is 4.74 Å². The van der Waals surface area contributed by atoms with Crippen LogP contribution in [0.3, 0.4) is 0 Å². The number of nitrogens with zero attached hydrogens (tertiary/aromatic N) is 7. The third-order valence-electron chi connectivity index (χ3n) is 7.61. The highest BCUT2D eigenvalue weighted by Crippen LogP contribution is 2.29. The molecule has 10 nitrogen and oxygen atoms in total. The van der Waals surface area contributed by atoms with Crippen LogP contribution in [-0.2, 0) is 15.3 Å². The van der Waals surface area contributed by atoms with Crippen molar-refractivity contribution in [2.24, 2.45) is 5.92 Å². The number of hydrogen-bond acceptors (Lipinski definition) is 10. The lowest BCUT2D eigenvalue weighted by molar-refractivity contribution is -0.144. The predicted molar refractivity (Wildman–Crippen MR) is 156 cm³/mol. The lowest BCUT2D eigenvalue weighted by Crippen LogP contribution is -2.50. The van der Waals surface area contributed by atoms with Gasteiger partial charge in [-0.15, -0.1) is 10.2 Å². The normalized spacial score (nSPS) is 17.3. The van der Waals surface area contributed by atoms with Crippen molar-refractivity contribution in [2.45, 2.75) is 36.8 Å². The Morgan fingerprint density at radius 1 is 1.07 bits per heavy atom. The molecule has 0 unspecified atom stereocenters. The summed E-state index contributed by atoms with van der Waals surface area (Å²) in [5.74, 6) is 1.23. The SMILES string of the molecule is CCOC(=O)CN1CCN(CC2CCN(C(=O)c3nnc(SCc4ccc(-n5ccnc5)cc4C)s3)CC2)CC1. The van der Waals surface area contributed by atoms with Gasteiger partial charge in [0, 0.05) is 69.6 Å². The lowest BCUT2D eigenvalue weighted by atomic mass is 9.96. The van der Waals surface area contributed by atoms with Gasteiger partial charge in [-0.2, -0.15) is 0 Å². The van der Waals surface area contributed by atoms with Crippen molar-refractivity contribution in [1.29, 1.82) is 0 Å². The summed E-state index contributed by atoms with van der Waals surface area (Å²) in [5, 5.41) is 9.00. The van der Waals surface area contributed by atoms with Crippen molar-refractivity contribution in [3.63, 3.8) is 0 Å². The van der Waals surface area contributed by atoms with E-state index in [-0.39, 0.29) is 11.9 Å². The number of carbonyl (C=O) groups is 2. The Bertz CT molecular complexity index is 1270. The first kappa shape index (κ1) is 28.7. The number of piperidine rings is 1. The molecule has 2 aliphatic heterocycles. The van der Waals surface area contributed by atoms with Crippen LogP contribution in [0.4, 0.5) is 0 Å². The smallest absolute Gasteiger partial charge is 0.320 e. The second kappa shape index (κ2) is 13.7. The molecule has 3 aromatic rings. The minimum atomic E-state index is -0.138. The first-order valence-electron chi connectivity index (χ1n) is 13.9. The van der Waals surface area contributed by atoms with E-state index >= 15 is 0 Å². The quantitative estimate of drug-likeness (QED) is 0.263. The van der Waals surface area contributed by atoms with Gasteiger partial charge in [-0.25, -0.2) is 4.98 Å². The molecule has 40 heavy (non-hydrogen) atoms. The number of thioether (sulfide) groups is 1. The molecular formula is C28H37N7O3S2. The number of imidazole rings is 1. The van der Waals surface area contributed by atoms with E-state index in [1.54, 1.807) is 24.3 Å². The van der Waals surface area contributed by atoms with Crippen molar-refractivity contribution >= 4 is 35.0 Å². The highest BCUT2D eigenvalue weighted by atomic mass is 32.2. The number of likely N-dealkylation sites (tertiary alicyclic amines) is 1. The Hall–Kier alpha value is -2.80. The summed E-state index contributed by atoms with van der Waals surface area (Å²) in [6.07, 6.45) is 7.51. The molecule has 0 radical (unpaired) electrons. The number of carbonyl (C=O) groups excluding carboxylic acids is 2. The summed E-state index contributed by atoms with van der Waals surface area (Å²) in [4.78, 5) is 35.6. The van der Waals surface area contributed by atoms with E-state index in [2.05, 4.69) is 50.1 Å². The molecule has 5 rings (SSSR count). The number of hydrogen-bond donors (Lipinski definition) is 0. The minimum Gasteiger partial charge on any atom is -0.465 e. The van der Waals surface area contributed by atoms with Gasteiger partial charge in [0.25, 0.3) is 5.91 Å². The number of aromatic nitrogens is 4. The number of aryl methyl sites for hydroxylation is 1. The molecule has 1 aromatic carbocycles. The Kier molecular flexibility index (Phi) is 9.84. The molecule has 0 spiro atoms. The second-order valence-electron chi connectivity index (χ2n) is 10.4. The number of benzene rings is 1. The van der Waals surface area contributed by atoms with Crippen LogP contribution in [0.1, 0.15) is 40.7 Å². The minimum absolute atomic E-state index is 0.00348. The van der Waals surface area contributed by atoms with E-state index in [9.17, 15) is 9.59 Å². The fourth-order valence-electron chi connectivity index (χ4n) is 5.25. The van der Waals surface area contributed by atoms with Gasteiger partial charge in [-0.1, -0.05) is 29.2 Å². The van der Waals surface area contributed by atoms with E-state index in [1.165, 1.54) is 22.5 Å². The summed E-state index contributed by atoms with van der Waals surface area (Å²) in [6.45, 7) is 11.1. The van der Waals surface area contributed by atoms with Crippen LogP contribution in [-0.4, -0.2) is 105 Å². The Morgan fingerprint density at radius 2 is 1.85 bits per heavy atom. The zero-order valence-electron chi connectivity index (χ0n) is 23.2. The average Bonchev–Trinajstić information content (AvgIpc) is 3.67. The molecule has 1 amide bonds. The molecule has 12 heteroatoms. The zero-order chi connectivity index (χ0) is 27.9. The maximum absolute atomic E-state index is 13.1. The maximum Gasteiger partial charge on any atom is 0.320 e. The molecule has 0 bridgehead atoms. The molecule has 0 aliphatic carbocycles. The number of esters is 1. The summed E-state index contributed by atoms with van der Waals surface area (Å²) >= 11 is 3.01. The third kappa shape index (κ3) is 7.48. The molecule has 2 fully saturated rings. The molecule has 214 valence electrons. The summed E-state index contributed by atoms with van der Waals surface area (Å²) < 4.78 is 7.88. The van der Waals surface area contributed by atoms with Crippen molar-refractivity contribution in [3.8, 4) is 5.69 Å². The van der Waals surface area contributed by atoms with Crippen molar-refractivity contribution in [2.75, 3.05) is 59.0 Å². The van der Waals surface area contributed by atoms with Crippen molar-refractivity contribution in [1.82, 2.24) is 34.4 Å². The van der Waals surface area contributed by atoms with E-state index < -0.39 is 0 Å². The monoisotopic (exact) mass is 583 g/mol. The first-order valence-corrected chi connectivity index (χ1v) is 15.7. The Balaban J connectivity index is 1.04. The number of rotatable bonds is 10. The second-order valence-corrected chi connectivity index (χ2v) is 12.6. The van der Waals surface area contributed by atoms with Crippen LogP contribution >= 0.6 is 23.1 Å². The standard InChI is InChI=1S/C28H37N7O3S2/c1-3-38-25(36)18-33-14-12-32(13-15-33)17-22-6-9-34(10-7-22)27(37)26-30-31-28(40-26)39-19-23-4-5-24(16-21(23)2)35-11-8-29-20-35/h4-5,8,11,16,20,22H,3,6-7,9-10,12-15,17-19H2,1-2H3. The molecule has 0 N–H and O–H groups in total. The van der Waals surface area contributed by atoms with Gasteiger partial charge in [0.15, 0.2) is 4.34 Å². The number of piperazine rings is 1. The molecule has 4 heterocycles. The third-order valence-corrected chi connectivity index (χ3v) is 9.70. The molecular weight excluding hydrogens is 546 g/mol. The molecule has 0 atom stereocenters. The molecule has 2 saturated heterocycles. The zero-order valence-corrected chi connectivity index (χ0v) is 24.8. The van der Waals surface area contributed by atoms with E-state index in [0.717, 1.165) is 74.4 Å². The van der Waals surface area contributed by atoms with Gasteiger partial charge < -0.3 is 19.1 Å². The van der Waals surface area contributed by atoms with Gasteiger partial charge in [-0.3, -0.25) is 14.5 Å². The van der Waals surface area contributed by atoms with Crippen LogP contribution in [0, 0.1) is 12.8 Å². The summed E-state index contributed by atoms with van der Waals surface area (Å²) in [5.41, 5.74) is 3.53. The van der Waals surface area contributed by atoms with Gasteiger partial charge in [0.2, 0.25) is 5.01 Å². The largest absolute Gasteiger partial charge is 0.465 e. The Labute approximate surface area is 243 Å². The summed E-state index contributed by atoms with van der Waals surface area (Å²) in [6, 6.07) is 6.39. The van der Waals surface area contributed by atoms with Gasteiger partial charge >= 0.3 is 5.97 Å². The molecule has 0 saturated carbocycles. The first-order chi connectivity index (χ1) is 19.5. The van der Waals surface area contributed by atoms with Crippen LogP contribution < -0.4 is 0 Å².